The number of anilines is 1. The van der Waals surface area contributed by atoms with Crippen LogP contribution in [0.2, 0.25) is 0 Å². The zero-order valence-corrected chi connectivity index (χ0v) is 8.26. The first-order valence-corrected chi connectivity index (χ1v) is 4.73. The SMILES string of the molecule is Cn1nccc1N1CCN(C=O)CC1. The Morgan fingerprint density at radius 1 is 1.36 bits per heavy atom. The molecule has 0 unspecified atom stereocenters. The molecule has 1 aliphatic heterocycles. The third-order valence-electron chi connectivity index (χ3n) is 2.58. The number of amides is 1. The third-order valence-corrected chi connectivity index (χ3v) is 2.58. The van der Waals surface area contributed by atoms with Crippen LogP contribution in [-0.2, 0) is 11.8 Å². The number of aromatic nitrogens is 2. The molecule has 76 valence electrons. The van der Waals surface area contributed by atoms with Crippen molar-refractivity contribution in [3.63, 3.8) is 0 Å². The molecule has 0 bridgehead atoms. The van der Waals surface area contributed by atoms with Crippen LogP contribution in [0.1, 0.15) is 0 Å². The number of aryl methyl sites for hydroxylation is 1. The van der Waals surface area contributed by atoms with Crippen molar-refractivity contribution < 1.29 is 4.79 Å². The van der Waals surface area contributed by atoms with Crippen LogP contribution in [0.15, 0.2) is 12.3 Å². The van der Waals surface area contributed by atoms with Gasteiger partial charge in [-0.25, -0.2) is 0 Å². The number of hydrogen-bond acceptors (Lipinski definition) is 3. The molecule has 0 saturated carbocycles. The van der Waals surface area contributed by atoms with Crippen molar-refractivity contribution in [2.45, 2.75) is 0 Å². The number of carbonyl (C=O) groups excluding carboxylic acids is 1. The second-order valence-electron chi connectivity index (χ2n) is 3.44. The molecule has 0 radical (unpaired) electrons. The summed E-state index contributed by atoms with van der Waals surface area (Å²) in [4.78, 5) is 14.6. The first-order valence-electron chi connectivity index (χ1n) is 4.73. The van der Waals surface area contributed by atoms with Crippen LogP contribution in [0.25, 0.3) is 0 Å². The molecule has 2 heterocycles. The van der Waals surface area contributed by atoms with Gasteiger partial charge in [-0.15, -0.1) is 0 Å². The first-order chi connectivity index (χ1) is 6.81. The van der Waals surface area contributed by atoms with E-state index in [4.69, 9.17) is 0 Å². The fourth-order valence-electron chi connectivity index (χ4n) is 1.73. The van der Waals surface area contributed by atoms with Gasteiger partial charge in [-0.1, -0.05) is 0 Å². The van der Waals surface area contributed by atoms with Crippen LogP contribution in [0.4, 0.5) is 5.82 Å². The Morgan fingerprint density at radius 2 is 2.07 bits per heavy atom. The minimum Gasteiger partial charge on any atom is -0.353 e. The summed E-state index contributed by atoms with van der Waals surface area (Å²) in [6, 6.07) is 2.00. The lowest BCUT2D eigenvalue weighted by atomic mass is 10.3. The quantitative estimate of drug-likeness (QED) is 0.607. The first kappa shape index (κ1) is 9.05. The molecule has 0 aliphatic carbocycles. The highest BCUT2D eigenvalue weighted by atomic mass is 16.1. The molecule has 5 nitrogen and oxygen atoms in total. The van der Waals surface area contributed by atoms with Gasteiger partial charge in [0.2, 0.25) is 6.41 Å². The largest absolute Gasteiger partial charge is 0.353 e. The van der Waals surface area contributed by atoms with Gasteiger partial charge in [0.1, 0.15) is 5.82 Å². The molecule has 0 aromatic carbocycles. The average molecular weight is 194 g/mol. The number of rotatable bonds is 2. The van der Waals surface area contributed by atoms with Crippen LogP contribution in [0.5, 0.6) is 0 Å². The summed E-state index contributed by atoms with van der Waals surface area (Å²) in [5, 5.41) is 4.12. The third kappa shape index (κ3) is 1.57. The molecule has 1 aliphatic rings. The maximum Gasteiger partial charge on any atom is 0.209 e. The smallest absolute Gasteiger partial charge is 0.209 e. The van der Waals surface area contributed by atoms with Crippen molar-refractivity contribution in [1.82, 2.24) is 14.7 Å². The summed E-state index contributed by atoms with van der Waals surface area (Å²) in [6.07, 6.45) is 2.71. The Labute approximate surface area is 82.9 Å². The van der Waals surface area contributed by atoms with E-state index >= 15 is 0 Å². The Kier molecular flexibility index (Phi) is 2.39. The maximum absolute atomic E-state index is 10.5. The van der Waals surface area contributed by atoms with Gasteiger partial charge in [0.15, 0.2) is 0 Å². The maximum atomic E-state index is 10.5. The van der Waals surface area contributed by atoms with Crippen LogP contribution >= 0.6 is 0 Å². The Hall–Kier alpha value is -1.52. The highest BCUT2D eigenvalue weighted by molar-refractivity contribution is 5.49. The molecule has 0 N–H and O–H groups in total. The van der Waals surface area contributed by atoms with Crippen molar-refractivity contribution in [1.29, 1.82) is 0 Å². The van der Waals surface area contributed by atoms with Crippen LogP contribution in [-0.4, -0.2) is 47.3 Å². The van der Waals surface area contributed by atoms with Crippen molar-refractivity contribution in [2.75, 3.05) is 31.1 Å². The minimum atomic E-state index is 0.800. The molecule has 1 fully saturated rings. The van der Waals surface area contributed by atoms with Gasteiger partial charge in [-0.05, 0) is 0 Å². The van der Waals surface area contributed by atoms with E-state index in [1.165, 1.54) is 0 Å². The fourth-order valence-corrected chi connectivity index (χ4v) is 1.73. The predicted octanol–water partition coefficient (Wildman–Crippen LogP) is -0.301. The molecule has 0 spiro atoms. The van der Waals surface area contributed by atoms with Crippen molar-refractivity contribution >= 4 is 12.2 Å². The number of hydrogen-bond donors (Lipinski definition) is 0. The predicted molar refractivity (Wildman–Crippen MR) is 53.1 cm³/mol. The van der Waals surface area contributed by atoms with Crippen molar-refractivity contribution in [3.05, 3.63) is 12.3 Å². The standard InChI is InChI=1S/C9H14N4O/c1-11-9(2-3-10-11)13-6-4-12(8-14)5-7-13/h2-3,8H,4-7H2,1H3. The summed E-state index contributed by atoms with van der Waals surface area (Å²) in [5.41, 5.74) is 0. The van der Waals surface area contributed by atoms with Gasteiger partial charge in [-0.3, -0.25) is 9.48 Å². The highest BCUT2D eigenvalue weighted by Crippen LogP contribution is 2.13. The molecule has 1 amide bonds. The average Bonchev–Trinajstić information content (AvgIpc) is 2.65. The fraction of sp³-hybridized carbons (Fsp3) is 0.556. The second kappa shape index (κ2) is 3.69. The molecular formula is C9H14N4O. The van der Waals surface area contributed by atoms with E-state index in [-0.39, 0.29) is 0 Å². The summed E-state index contributed by atoms with van der Waals surface area (Å²) in [6.45, 7) is 3.37. The summed E-state index contributed by atoms with van der Waals surface area (Å²) < 4.78 is 1.86. The molecule has 1 aromatic rings. The minimum absolute atomic E-state index is 0.800. The van der Waals surface area contributed by atoms with Crippen LogP contribution in [0.3, 0.4) is 0 Å². The molecule has 0 atom stereocenters. The lowest BCUT2D eigenvalue weighted by Gasteiger charge is -2.33. The number of piperazine rings is 1. The zero-order chi connectivity index (χ0) is 9.97. The lowest BCUT2D eigenvalue weighted by Crippen LogP contribution is -2.46. The van der Waals surface area contributed by atoms with Gasteiger partial charge in [0.25, 0.3) is 0 Å². The normalized spacial score (nSPS) is 17.2. The highest BCUT2D eigenvalue weighted by Gasteiger charge is 2.17. The van der Waals surface area contributed by atoms with Gasteiger partial charge in [-0.2, -0.15) is 5.10 Å². The van der Waals surface area contributed by atoms with E-state index in [1.54, 1.807) is 11.1 Å². The van der Waals surface area contributed by atoms with E-state index in [2.05, 4.69) is 10.00 Å². The van der Waals surface area contributed by atoms with Crippen LogP contribution in [0, 0.1) is 0 Å². The monoisotopic (exact) mass is 194 g/mol. The Bertz CT molecular complexity index is 314. The van der Waals surface area contributed by atoms with Crippen molar-refractivity contribution in [2.24, 2.45) is 7.05 Å². The summed E-state index contributed by atoms with van der Waals surface area (Å²) in [7, 11) is 1.93. The van der Waals surface area contributed by atoms with Crippen molar-refractivity contribution in [3.8, 4) is 0 Å². The molecule has 5 heteroatoms. The molecule has 1 saturated heterocycles. The van der Waals surface area contributed by atoms with E-state index in [0.29, 0.717) is 0 Å². The van der Waals surface area contributed by atoms with Gasteiger partial charge in [0, 0.05) is 39.3 Å². The number of carbonyl (C=O) groups is 1. The second-order valence-corrected chi connectivity index (χ2v) is 3.44. The van der Waals surface area contributed by atoms with E-state index in [9.17, 15) is 4.79 Å². The zero-order valence-electron chi connectivity index (χ0n) is 8.26. The van der Waals surface area contributed by atoms with Crippen LogP contribution < -0.4 is 4.90 Å². The van der Waals surface area contributed by atoms with E-state index in [1.807, 2.05) is 17.8 Å². The Balaban J connectivity index is 2.02. The van der Waals surface area contributed by atoms with Gasteiger partial charge >= 0.3 is 0 Å². The van der Waals surface area contributed by atoms with Gasteiger partial charge in [0.05, 0.1) is 6.20 Å². The Morgan fingerprint density at radius 3 is 2.57 bits per heavy atom. The molecule has 1 aromatic heterocycles. The topological polar surface area (TPSA) is 41.4 Å². The molecule has 14 heavy (non-hydrogen) atoms. The molecule has 2 rings (SSSR count). The lowest BCUT2D eigenvalue weighted by molar-refractivity contribution is -0.118. The van der Waals surface area contributed by atoms with Gasteiger partial charge < -0.3 is 9.80 Å². The number of nitrogens with zero attached hydrogens (tertiary/aromatic N) is 4. The molecular weight excluding hydrogens is 180 g/mol. The van der Waals surface area contributed by atoms with E-state index in [0.717, 1.165) is 38.4 Å². The summed E-state index contributed by atoms with van der Waals surface area (Å²) in [5.74, 6) is 1.12. The van der Waals surface area contributed by atoms with E-state index < -0.39 is 0 Å². The summed E-state index contributed by atoms with van der Waals surface area (Å²) >= 11 is 0.